The van der Waals surface area contributed by atoms with Crippen molar-refractivity contribution in [2.45, 2.75) is 27.4 Å². The van der Waals surface area contributed by atoms with Gasteiger partial charge in [0, 0.05) is 5.69 Å². The summed E-state index contributed by atoms with van der Waals surface area (Å²) in [7, 11) is 1.27. The van der Waals surface area contributed by atoms with Crippen LogP contribution in [0.4, 0.5) is 5.69 Å². The van der Waals surface area contributed by atoms with Crippen LogP contribution >= 0.6 is 0 Å². The molecule has 2 N–H and O–H groups in total. The van der Waals surface area contributed by atoms with E-state index in [2.05, 4.69) is 20.6 Å². The van der Waals surface area contributed by atoms with Gasteiger partial charge in [0.25, 0.3) is 0 Å². The van der Waals surface area contributed by atoms with Crippen molar-refractivity contribution in [3.05, 3.63) is 76.7 Å². The van der Waals surface area contributed by atoms with E-state index in [1.54, 1.807) is 36.4 Å². The quantitative estimate of drug-likeness (QED) is 0.201. The second-order valence-corrected chi connectivity index (χ2v) is 7.72. The fourth-order valence-electron chi connectivity index (χ4n) is 3.26. The predicted octanol–water partition coefficient (Wildman–Crippen LogP) is 3.75. The van der Waals surface area contributed by atoms with Gasteiger partial charge >= 0.3 is 17.8 Å². The van der Waals surface area contributed by atoms with Gasteiger partial charge in [-0.2, -0.15) is 5.10 Å². The van der Waals surface area contributed by atoms with E-state index in [4.69, 9.17) is 13.9 Å². The van der Waals surface area contributed by atoms with Gasteiger partial charge in [0.05, 0.1) is 19.9 Å². The number of benzene rings is 2. The number of nitrogens with one attached hydrogen (secondary N) is 2. The molecule has 2 amide bonds. The van der Waals surface area contributed by atoms with Gasteiger partial charge in [0.2, 0.25) is 5.76 Å². The molecule has 0 bridgehead atoms. The Bertz CT molecular complexity index is 1260. The summed E-state index contributed by atoms with van der Waals surface area (Å²) in [4.78, 5) is 35.7. The lowest BCUT2D eigenvalue weighted by Crippen LogP contribution is -2.32. The molecule has 10 nitrogen and oxygen atoms in total. The van der Waals surface area contributed by atoms with Crippen LogP contribution < -0.4 is 20.2 Å². The van der Waals surface area contributed by atoms with Crippen molar-refractivity contribution in [1.29, 1.82) is 0 Å². The molecule has 3 aromatic rings. The minimum atomic E-state index is -0.903. The van der Waals surface area contributed by atoms with Gasteiger partial charge in [0.15, 0.2) is 11.5 Å². The summed E-state index contributed by atoms with van der Waals surface area (Å²) in [5.41, 5.74) is 5.28. The minimum Gasteiger partial charge on any atom is -0.490 e. The zero-order valence-electron chi connectivity index (χ0n) is 20.4. The Kier molecular flexibility index (Phi) is 8.82. The van der Waals surface area contributed by atoms with Gasteiger partial charge < -0.3 is 23.9 Å². The van der Waals surface area contributed by atoms with Crippen LogP contribution in [0.25, 0.3) is 0 Å². The van der Waals surface area contributed by atoms with Crippen molar-refractivity contribution in [3.8, 4) is 11.5 Å². The van der Waals surface area contributed by atoms with E-state index >= 15 is 0 Å². The molecule has 0 unspecified atom stereocenters. The first-order valence-electron chi connectivity index (χ1n) is 11.1. The van der Waals surface area contributed by atoms with E-state index in [-0.39, 0.29) is 12.4 Å². The highest BCUT2D eigenvalue weighted by atomic mass is 16.5. The summed E-state index contributed by atoms with van der Waals surface area (Å²) in [5, 5.41) is 6.40. The lowest BCUT2D eigenvalue weighted by Gasteiger charge is -2.11. The number of methoxy groups -OCH3 is 1. The van der Waals surface area contributed by atoms with Crippen LogP contribution in [0.3, 0.4) is 0 Å². The Morgan fingerprint density at radius 2 is 1.69 bits per heavy atom. The van der Waals surface area contributed by atoms with E-state index < -0.39 is 17.8 Å². The molecule has 0 aliphatic carbocycles. The zero-order valence-corrected chi connectivity index (χ0v) is 20.4. The largest absolute Gasteiger partial charge is 0.490 e. The highest BCUT2D eigenvalue weighted by molar-refractivity contribution is 6.39. The highest BCUT2D eigenvalue weighted by Crippen LogP contribution is 2.29. The van der Waals surface area contributed by atoms with Crippen molar-refractivity contribution in [1.82, 2.24) is 5.43 Å². The molecule has 0 saturated heterocycles. The molecule has 0 aliphatic heterocycles. The van der Waals surface area contributed by atoms with Gasteiger partial charge in [-0.25, -0.2) is 10.2 Å². The van der Waals surface area contributed by atoms with E-state index in [9.17, 15) is 14.4 Å². The van der Waals surface area contributed by atoms with Crippen molar-refractivity contribution >= 4 is 29.7 Å². The number of hydrogen-bond donors (Lipinski definition) is 2. The first-order chi connectivity index (χ1) is 17.3. The molecule has 0 fully saturated rings. The maximum absolute atomic E-state index is 12.1. The van der Waals surface area contributed by atoms with Gasteiger partial charge in [-0.15, -0.1) is 0 Å². The number of amides is 2. The number of ether oxygens (including phenoxy) is 3. The molecule has 188 valence electrons. The van der Waals surface area contributed by atoms with Gasteiger partial charge in [0.1, 0.15) is 12.4 Å². The van der Waals surface area contributed by atoms with Crippen LogP contribution in [0.2, 0.25) is 0 Å². The maximum Gasteiger partial charge on any atom is 0.373 e. The summed E-state index contributed by atoms with van der Waals surface area (Å²) in [6.45, 7) is 6.08. The van der Waals surface area contributed by atoms with Gasteiger partial charge in [-0.05, 0) is 79.9 Å². The SMILES string of the molecule is CCOc1cc(/C=N/NC(=O)C(=O)Nc2cc(C)cc(C)c2)ccc1OCc1ccc(C(=O)OC)o1. The molecule has 1 aromatic heterocycles. The molecule has 0 radical (unpaired) electrons. The molecule has 10 heteroatoms. The smallest absolute Gasteiger partial charge is 0.373 e. The normalized spacial score (nSPS) is 10.7. The molecular formula is C26H27N3O7. The Morgan fingerprint density at radius 1 is 0.944 bits per heavy atom. The summed E-state index contributed by atoms with van der Waals surface area (Å²) in [6, 6.07) is 13.7. The summed E-state index contributed by atoms with van der Waals surface area (Å²) in [6.07, 6.45) is 1.38. The summed E-state index contributed by atoms with van der Waals surface area (Å²) >= 11 is 0. The topological polar surface area (TPSA) is 128 Å². The van der Waals surface area contributed by atoms with Crippen molar-refractivity contribution < 1.29 is 33.0 Å². The summed E-state index contributed by atoms with van der Waals surface area (Å²) < 4.78 is 21.4. The van der Waals surface area contributed by atoms with Crippen LogP contribution in [0.5, 0.6) is 11.5 Å². The number of carbonyl (C=O) groups excluding carboxylic acids is 3. The Balaban J connectivity index is 1.59. The van der Waals surface area contributed by atoms with E-state index in [0.29, 0.717) is 35.1 Å². The molecule has 0 aliphatic rings. The molecule has 0 spiro atoms. The average molecular weight is 494 g/mol. The lowest BCUT2D eigenvalue weighted by molar-refractivity contribution is -0.136. The first kappa shape index (κ1) is 26.0. The van der Waals surface area contributed by atoms with Crippen LogP contribution in [0.15, 0.2) is 58.0 Å². The zero-order chi connectivity index (χ0) is 26.1. The molecule has 2 aromatic carbocycles. The number of hydrogen-bond acceptors (Lipinski definition) is 8. The number of hydrazone groups is 1. The van der Waals surface area contributed by atoms with Crippen molar-refractivity contribution in [2.75, 3.05) is 19.0 Å². The van der Waals surface area contributed by atoms with Crippen molar-refractivity contribution in [2.24, 2.45) is 5.10 Å². The number of carbonyl (C=O) groups is 3. The average Bonchev–Trinajstić information content (AvgIpc) is 3.31. The van der Waals surface area contributed by atoms with Crippen molar-refractivity contribution in [3.63, 3.8) is 0 Å². The first-order valence-corrected chi connectivity index (χ1v) is 11.1. The van der Waals surface area contributed by atoms with E-state index in [1.807, 2.05) is 26.8 Å². The standard InChI is InChI=1S/C26H27N3O7/c1-5-34-23-13-18(6-8-21(23)35-15-20-7-9-22(36-20)26(32)33-4)14-27-29-25(31)24(30)28-19-11-16(2)10-17(3)12-19/h6-14H,5,15H2,1-4H3,(H,28,30)(H,29,31)/b27-14+. The third kappa shape index (κ3) is 7.20. The monoisotopic (exact) mass is 493 g/mol. The molecule has 0 atom stereocenters. The Morgan fingerprint density at radius 3 is 2.39 bits per heavy atom. The second kappa shape index (κ2) is 12.2. The summed E-state index contributed by atoms with van der Waals surface area (Å²) in [5.74, 6) is -0.899. The second-order valence-electron chi connectivity index (χ2n) is 7.72. The Hall–Kier alpha value is -4.60. The van der Waals surface area contributed by atoms with Gasteiger partial charge in [-0.1, -0.05) is 6.07 Å². The van der Waals surface area contributed by atoms with E-state index in [0.717, 1.165) is 11.1 Å². The number of anilines is 1. The number of aryl methyl sites for hydroxylation is 2. The number of furan rings is 1. The number of esters is 1. The Labute approximate surface area is 208 Å². The van der Waals surface area contributed by atoms with Crippen LogP contribution in [0.1, 0.15) is 39.9 Å². The molecule has 3 rings (SSSR count). The fraction of sp³-hybridized carbons (Fsp3) is 0.231. The number of nitrogens with zero attached hydrogens (tertiary/aromatic N) is 1. The molecule has 1 heterocycles. The third-order valence-corrected chi connectivity index (χ3v) is 4.75. The van der Waals surface area contributed by atoms with Crippen LogP contribution in [-0.4, -0.2) is 37.7 Å². The third-order valence-electron chi connectivity index (χ3n) is 4.75. The predicted molar refractivity (Wildman–Crippen MR) is 132 cm³/mol. The lowest BCUT2D eigenvalue weighted by atomic mass is 10.1. The van der Waals surface area contributed by atoms with E-state index in [1.165, 1.54) is 19.4 Å². The maximum atomic E-state index is 12.1. The highest BCUT2D eigenvalue weighted by Gasteiger charge is 2.14. The minimum absolute atomic E-state index is 0.0656. The van der Waals surface area contributed by atoms with Crippen LogP contribution in [0, 0.1) is 13.8 Å². The fourth-order valence-corrected chi connectivity index (χ4v) is 3.26. The number of rotatable bonds is 9. The van der Waals surface area contributed by atoms with Gasteiger partial charge in [-0.3, -0.25) is 9.59 Å². The molecule has 0 saturated carbocycles. The molecule has 36 heavy (non-hydrogen) atoms. The molecular weight excluding hydrogens is 466 g/mol. The van der Waals surface area contributed by atoms with Crippen LogP contribution in [-0.2, 0) is 20.9 Å².